The summed E-state index contributed by atoms with van der Waals surface area (Å²) in [4.78, 5) is 0. The number of benzene rings is 1. The first-order valence-electron chi connectivity index (χ1n) is 5.03. The van der Waals surface area contributed by atoms with Crippen LogP contribution in [0.25, 0.3) is 0 Å². The topological polar surface area (TPSA) is 0 Å². The number of rotatable bonds is 1. The minimum atomic E-state index is 0.805. The monoisotopic (exact) mass is 237 g/mol. The Morgan fingerprint density at radius 1 is 1.23 bits per heavy atom. The Morgan fingerprint density at radius 2 is 2.00 bits per heavy atom. The van der Waals surface area contributed by atoms with Crippen LogP contribution >= 0.6 is 15.9 Å². The molecular formula is C12H14Br. The van der Waals surface area contributed by atoms with Crippen LogP contribution < -0.4 is 0 Å². The quantitative estimate of drug-likeness (QED) is 0.684. The molecule has 0 N–H and O–H groups in total. The summed E-state index contributed by atoms with van der Waals surface area (Å²) in [5, 5.41) is 0. The van der Waals surface area contributed by atoms with Crippen molar-refractivity contribution in [3.63, 3.8) is 0 Å². The Labute approximate surface area is 88.5 Å². The van der Waals surface area contributed by atoms with E-state index in [1.165, 1.54) is 37.7 Å². The van der Waals surface area contributed by atoms with Crippen LogP contribution in [0.5, 0.6) is 0 Å². The van der Waals surface area contributed by atoms with Crippen molar-refractivity contribution >= 4 is 15.9 Å². The molecule has 1 fully saturated rings. The highest BCUT2D eigenvalue weighted by molar-refractivity contribution is 9.10. The van der Waals surface area contributed by atoms with E-state index in [1.807, 2.05) is 6.07 Å². The zero-order chi connectivity index (χ0) is 9.10. The molecule has 0 aromatic heterocycles. The SMILES string of the molecule is Brc1[c]ccc(C2CCCCC2)c1. The van der Waals surface area contributed by atoms with Gasteiger partial charge in [0.15, 0.2) is 0 Å². The van der Waals surface area contributed by atoms with Crippen molar-refractivity contribution in [2.24, 2.45) is 0 Å². The first-order chi connectivity index (χ1) is 6.36. The molecule has 1 aliphatic carbocycles. The van der Waals surface area contributed by atoms with Gasteiger partial charge in [0.1, 0.15) is 0 Å². The van der Waals surface area contributed by atoms with Crippen LogP contribution in [-0.2, 0) is 0 Å². The third kappa shape index (κ3) is 2.34. The van der Waals surface area contributed by atoms with Crippen molar-refractivity contribution in [3.8, 4) is 0 Å². The largest absolute Gasteiger partial charge is 0.0581 e. The zero-order valence-electron chi connectivity index (χ0n) is 7.72. The van der Waals surface area contributed by atoms with E-state index in [4.69, 9.17) is 0 Å². The molecule has 1 aromatic carbocycles. The molecule has 69 valence electrons. The maximum Gasteiger partial charge on any atom is 0.0256 e. The maximum absolute atomic E-state index is 3.47. The van der Waals surface area contributed by atoms with E-state index in [9.17, 15) is 0 Å². The predicted molar refractivity (Wildman–Crippen MR) is 58.8 cm³/mol. The molecule has 0 atom stereocenters. The molecule has 0 aliphatic heterocycles. The van der Waals surface area contributed by atoms with Crippen LogP contribution in [0.1, 0.15) is 43.6 Å². The van der Waals surface area contributed by atoms with E-state index in [1.54, 1.807) is 0 Å². The van der Waals surface area contributed by atoms with Crippen LogP contribution in [0.2, 0.25) is 0 Å². The van der Waals surface area contributed by atoms with E-state index in [-0.39, 0.29) is 0 Å². The van der Waals surface area contributed by atoms with Gasteiger partial charge in [-0.1, -0.05) is 47.3 Å². The minimum Gasteiger partial charge on any atom is -0.0581 e. The molecular weight excluding hydrogens is 224 g/mol. The summed E-state index contributed by atoms with van der Waals surface area (Å²) < 4.78 is 1.09. The first-order valence-corrected chi connectivity index (χ1v) is 5.83. The van der Waals surface area contributed by atoms with Gasteiger partial charge < -0.3 is 0 Å². The van der Waals surface area contributed by atoms with Crippen molar-refractivity contribution in [1.82, 2.24) is 0 Å². The second kappa shape index (κ2) is 4.28. The van der Waals surface area contributed by atoms with Crippen molar-refractivity contribution in [2.75, 3.05) is 0 Å². The van der Waals surface area contributed by atoms with Crippen molar-refractivity contribution in [3.05, 3.63) is 34.3 Å². The van der Waals surface area contributed by atoms with Gasteiger partial charge in [0.25, 0.3) is 0 Å². The first kappa shape index (κ1) is 9.26. The van der Waals surface area contributed by atoms with Gasteiger partial charge in [-0.15, -0.1) is 0 Å². The lowest BCUT2D eigenvalue weighted by Crippen LogP contribution is -2.04. The molecule has 0 bridgehead atoms. The summed E-state index contributed by atoms with van der Waals surface area (Å²) in [7, 11) is 0. The molecule has 1 heteroatoms. The molecule has 1 aliphatic rings. The molecule has 1 aromatic rings. The van der Waals surface area contributed by atoms with Crippen LogP contribution in [0.3, 0.4) is 0 Å². The van der Waals surface area contributed by atoms with Gasteiger partial charge in [0.2, 0.25) is 0 Å². The van der Waals surface area contributed by atoms with Crippen LogP contribution in [-0.4, -0.2) is 0 Å². The van der Waals surface area contributed by atoms with E-state index in [0.717, 1.165) is 10.4 Å². The molecule has 13 heavy (non-hydrogen) atoms. The summed E-state index contributed by atoms with van der Waals surface area (Å²) in [5.74, 6) is 0.805. The summed E-state index contributed by atoms with van der Waals surface area (Å²) >= 11 is 3.47. The lowest BCUT2D eigenvalue weighted by Gasteiger charge is -2.21. The lowest BCUT2D eigenvalue weighted by atomic mass is 9.84. The molecule has 0 spiro atoms. The molecule has 0 unspecified atom stereocenters. The molecule has 0 heterocycles. The fraction of sp³-hybridized carbons (Fsp3) is 0.500. The summed E-state index contributed by atoms with van der Waals surface area (Å²) in [6, 6.07) is 9.58. The van der Waals surface area contributed by atoms with E-state index >= 15 is 0 Å². The van der Waals surface area contributed by atoms with E-state index in [2.05, 4.69) is 34.1 Å². The van der Waals surface area contributed by atoms with Gasteiger partial charge in [-0.05, 0) is 36.5 Å². The average molecular weight is 238 g/mol. The summed E-state index contributed by atoms with van der Waals surface area (Å²) in [6.45, 7) is 0. The van der Waals surface area contributed by atoms with Crippen molar-refractivity contribution in [1.29, 1.82) is 0 Å². The van der Waals surface area contributed by atoms with Crippen molar-refractivity contribution in [2.45, 2.75) is 38.0 Å². The average Bonchev–Trinajstić information content (AvgIpc) is 2.19. The van der Waals surface area contributed by atoms with Crippen LogP contribution in [0.4, 0.5) is 0 Å². The molecule has 2 rings (SSSR count). The molecule has 1 radical (unpaired) electrons. The van der Waals surface area contributed by atoms with Gasteiger partial charge >= 0.3 is 0 Å². The van der Waals surface area contributed by atoms with Gasteiger partial charge in [-0.3, -0.25) is 0 Å². The molecule has 0 amide bonds. The number of hydrogen-bond acceptors (Lipinski definition) is 0. The highest BCUT2D eigenvalue weighted by Gasteiger charge is 2.14. The zero-order valence-corrected chi connectivity index (χ0v) is 9.31. The fourth-order valence-corrected chi connectivity index (χ4v) is 2.54. The van der Waals surface area contributed by atoms with E-state index < -0.39 is 0 Å². The summed E-state index contributed by atoms with van der Waals surface area (Å²) in [6.07, 6.45) is 6.98. The van der Waals surface area contributed by atoms with Crippen LogP contribution in [0, 0.1) is 6.07 Å². The second-order valence-electron chi connectivity index (χ2n) is 3.80. The Morgan fingerprint density at radius 3 is 2.69 bits per heavy atom. The third-order valence-electron chi connectivity index (χ3n) is 2.87. The van der Waals surface area contributed by atoms with Gasteiger partial charge in [-0.25, -0.2) is 0 Å². The number of hydrogen-bond donors (Lipinski definition) is 0. The number of halogens is 1. The van der Waals surface area contributed by atoms with Crippen LogP contribution in [0.15, 0.2) is 22.7 Å². The second-order valence-corrected chi connectivity index (χ2v) is 4.66. The fourth-order valence-electron chi connectivity index (χ4n) is 2.14. The Balaban J connectivity index is 2.14. The minimum absolute atomic E-state index is 0.805. The normalized spacial score (nSPS) is 18.8. The Hall–Kier alpha value is -0.300. The van der Waals surface area contributed by atoms with E-state index in [0.29, 0.717) is 0 Å². The molecule has 0 nitrogen and oxygen atoms in total. The summed E-state index contributed by atoms with van der Waals surface area (Å²) in [5.41, 5.74) is 1.49. The lowest BCUT2D eigenvalue weighted by molar-refractivity contribution is 0.443. The van der Waals surface area contributed by atoms with Gasteiger partial charge in [0.05, 0.1) is 0 Å². The van der Waals surface area contributed by atoms with Gasteiger partial charge in [0, 0.05) is 4.47 Å². The van der Waals surface area contributed by atoms with Crippen molar-refractivity contribution < 1.29 is 0 Å². The smallest absolute Gasteiger partial charge is 0.0256 e. The third-order valence-corrected chi connectivity index (χ3v) is 3.32. The Kier molecular flexibility index (Phi) is 3.05. The highest BCUT2D eigenvalue weighted by Crippen LogP contribution is 2.33. The highest BCUT2D eigenvalue weighted by atomic mass is 79.9. The predicted octanol–water partition coefficient (Wildman–Crippen LogP) is 4.30. The molecule has 0 saturated heterocycles. The van der Waals surface area contributed by atoms with Gasteiger partial charge in [-0.2, -0.15) is 0 Å². The molecule has 1 saturated carbocycles. The standard InChI is InChI=1S/C12H14Br/c13-12-8-4-7-11(9-12)10-5-2-1-3-6-10/h4,7,9-10H,1-3,5-6H2. The maximum atomic E-state index is 3.47. The Bertz CT molecular complexity index is 274.